The number of nitrogens with one attached hydrogen (secondary N) is 1. The van der Waals surface area contributed by atoms with E-state index in [4.69, 9.17) is 5.73 Å². The minimum absolute atomic E-state index is 0. The molecule has 3 N–H and O–H groups in total. The third-order valence-electron chi connectivity index (χ3n) is 2.50. The molecule has 0 spiro atoms. The lowest BCUT2D eigenvalue weighted by Crippen LogP contribution is -2.27. The molecule has 1 aromatic heterocycles. The fourth-order valence-corrected chi connectivity index (χ4v) is 3.19. The standard InChI is InChI=1S/C10H15N3OS2.ClH/c1-15-5-9(14)13-10-12-7-3-2-6(11)4-8(7)16-10;/h6H,2-5,11H2,1H3,(H,12,13,14);1H/t6-;/m0./s1. The monoisotopic (exact) mass is 293 g/mol. The highest BCUT2D eigenvalue weighted by atomic mass is 35.5. The van der Waals surface area contributed by atoms with Crippen LogP contribution in [0, 0.1) is 0 Å². The molecule has 0 bridgehead atoms. The van der Waals surface area contributed by atoms with Crippen LogP contribution in [-0.2, 0) is 17.6 Å². The third kappa shape index (κ3) is 3.84. The molecule has 1 atom stereocenters. The van der Waals surface area contributed by atoms with Gasteiger partial charge in [-0.3, -0.25) is 4.79 Å². The molecular weight excluding hydrogens is 278 g/mol. The molecule has 96 valence electrons. The number of nitrogens with zero attached hydrogens (tertiary/aromatic N) is 1. The number of rotatable bonds is 3. The van der Waals surface area contributed by atoms with Crippen LogP contribution in [0.3, 0.4) is 0 Å². The van der Waals surface area contributed by atoms with Crippen molar-refractivity contribution in [1.29, 1.82) is 0 Å². The van der Waals surface area contributed by atoms with Gasteiger partial charge >= 0.3 is 0 Å². The van der Waals surface area contributed by atoms with Crippen LogP contribution in [0.25, 0.3) is 0 Å². The average Bonchev–Trinajstić information content (AvgIpc) is 2.59. The molecule has 7 heteroatoms. The minimum Gasteiger partial charge on any atom is -0.327 e. The molecule has 0 fully saturated rings. The van der Waals surface area contributed by atoms with Gasteiger partial charge in [0.25, 0.3) is 0 Å². The van der Waals surface area contributed by atoms with Crippen molar-refractivity contribution < 1.29 is 4.79 Å². The number of halogens is 1. The highest BCUT2D eigenvalue weighted by molar-refractivity contribution is 7.99. The predicted molar refractivity (Wildman–Crippen MR) is 76.4 cm³/mol. The van der Waals surface area contributed by atoms with Gasteiger partial charge in [-0.05, 0) is 25.5 Å². The molecule has 0 radical (unpaired) electrons. The number of thioether (sulfide) groups is 1. The number of hydrogen-bond acceptors (Lipinski definition) is 5. The quantitative estimate of drug-likeness (QED) is 0.890. The maximum absolute atomic E-state index is 11.4. The molecule has 1 amide bonds. The number of nitrogens with two attached hydrogens (primary N) is 1. The molecule has 2 rings (SSSR count). The summed E-state index contributed by atoms with van der Waals surface area (Å²) < 4.78 is 0. The normalized spacial score (nSPS) is 18.1. The Labute approximate surface area is 115 Å². The summed E-state index contributed by atoms with van der Waals surface area (Å²) in [5.74, 6) is 0.493. The number of hydrogen-bond donors (Lipinski definition) is 2. The minimum atomic E-state index is 0. The molecule has 1 heterocycles. The van der Waals surface area contributed by atoms with Crippen molar-refractivity contribution in [2.45, 2.75) is 25.3 Å². The number of thiazole rings is 1. The van der Waals surface area contributed by atoms with Crippen LogP contribution in [0.2, 0.25) is 0 Å². The molecule has 0 aliphatic heterocycles. The molecule has 1 aliphatic carbocycles. The number of aromatic nitrogens is 1. The zero-order chi connectivity index (χ0) is 11.5. The average molecular weight is 294 g/mol. The Morgan fingerprint density at radius 1 is 1.71 bits per heavy atom. The van der Waals surface area contributed by atoms with Crippen LogP contribution < -0.4 is 11.1 Å². The van der Waals surface area contributed by atoms with E-state index in [1.54, 1.807) is 11.3 Å². The molecule has 17 heavy (non-hydrogen) atoms. The van der Waals surface area contributed by atoms with Gasteiger partial charge in [0.1, 0.15) is 0 Å². The van der Waals surface area contributed by atoms with Crippen molar-refractivity contribution in [3.8, 4) is 0 Å². The van der Waals surface area contributed by atoms with E-state index in [1.807, 2.05) is 6.26 Å². The van der Waals surface area contributed by atoms with E-state index in [0.717, 1.165) is 30.1 Å². The fourth-order valence-electron chi connectivity index (χ4n) is 1.74. The van der Waals surface area contributed by atoms with Crippen molar-refractivity contribution in [3.63, 3.8) is 0 Å². The number of carbonyl (C=O) groups excluding carboxylic acids is 1. The van der Waals surface area contributed by atoms with Gasteiger partial charge in [0, 0.05) is 10.9 Å². The zero-order valence-corrected chi connectivity index (χ0v) is 12.0. The molecule has 1 aromatic rings. The van der Waals surface area contributed by atoms with E-state index in [9.17, 15) is 4.79 Å². The Morgan fingerprint density at radius 2 is 2.47 bits per heavy atom. The van der Waals surface area contributed by atoms with Gasteiger partial charge in [-0.25, -0.2) is 4.98 Å². The first-order valence-corrected chi connectivity index (χ1v) is 7.43. The summed E-state index contributed by atoms with van der Waals surface area (Å²) in [6.45, 7) is 0. The van der Waals surface area contributed by atoms with E-state index in [2.05, 4.69) is 10.3 Å². The second kappa shape index (κ2) is 6.58. The van der Waals surface area contributed by atoms with Crippen molar-refractivity contribution in [2.24, 2.45) is 5.73 Å². The molecule has 0 saturated carbocycles. The van der Waals surface area contributed by atoms with E-state index in [1.165, 1.54) is 16.6 Å². The Hall–Kier alpha value is -0.300. The maximum Gasteiger partial charge on any atom is 0.236 e. The van der Waals surface area contributed by atoms with Gasteiger partial charge in [-0.15, -0.1) is 23.7 Å². The van der Waals surface area contributed by atoms with Gasteiger partial charge in [0.15, 0.2) is 5.13 Å². The number of fused-ring (bicyclic) bond motifs is 1. The SMILES string of the molecule is CSCC(=O)Nc1nc2c(s1)C[C@@H](N)CC2.Cl. The van der Waals surface area contributed by atoms with E-state index in [-0.39, 0.29) is 24.4 Å². The first-order valence-electron chi connectivity index (χ1n) is 5.22. The maximum atomic E-state index is 11.4. The second-order valence-corrected chi connectivity index (χ2v) is 5.82. The molecule has 0 aromatic carbocycles. The van der Waals surface area contributed by atoms with Gasteiger partial charge in [0.05, 0.1) is 11.4 Å². The number of anilines is 1. The highest BCUT2D eigenvalue weighted by Gasteiger charge is 2.20. The lowest BCUT2D eigenvalue weighted by molar-refractivity contribution is -0.113. The summed E-state index contributed by atoms with van der Waals surface area (Å²) in [7, 11) is 0. The second-order valence-electron chi connectivity index (χ2n) is 3.87. The van der Waals surface area contributed by atoms with Crippen LogP contribution in [0.15, 0.2) is 0 Å². The summed E-state index contributed by atoms with van der Waals surface area (Å²) in [6, 6.07) is 0.252. The van der Waals surface area contributed by atoms with Crippen LogP contribution in [0.5, 0.6) is 0 Å². The topological polar surface area (TPSA) is 68.0 Å². The van der Waals surface area contributed by atoms with Crippen LogP contribution in [0.4, 0.5) is 5.13 Å². The van der Waals surface area contributed by atoms with E-state index < -0.39 is 0 Å². The Morgan fingerprint density at radius 3 is 3.18 bits per heavy atom. The fraction of sp³-hybridized carbons (Fsp3) is 0.600. The smallest absolute Gasteiger partial charge is 0.236 e. The van der Waals surface area contributed by atoms with Crippen LogP contribution in [0.1, 0.15) is 17.0 Å². The summed E-state index contributed by atoms with van der Waals surface area (Å²) >= 11 is 3.07. The summed E-state index contributed by atoms with van der Waals surface area (Å²) in [6.07, 6.45) is 4.73. The van der Waals surface area contributed by atoms with Gasteiger partial charge in [-0.1, -0.05) is 0 Å². The Kier molecular flexibility index (Phi) is 5.72. The van der Waals surface area contributed by atoms with Gasteiger partial charge in [-0.2, -0.15) is 11.8 Å². The Balaban J connectivity index is 0.00000144. The van der Waals surface area contributed by atoms with Crippen molar-refractivity contribution >= 4 is 46.5 Å². The molecule has 0 unspecified atom stereocenters. The molecule has 1 aliphatic rings. The van der Waals surface area contributed by atoms with Gasteiger partial charge < -0.3 is 11.1 Å². The lowest BCUT2D eigenvalue weighted by atomic mass is 9.99. The first-order chi connectivity index (χ1) is 7.69. The Bertz CT molecular complexity index is 397. The van der Waals surface area contributed by atoms with E-state index >= 15 is 0 Å². The van der Waals surface area contributed by atoms with Crippen LogP contribution >= 0.6 is 35.5 Å². The first kappa shape index (κ1) is 14.8. The largest absolute Gasteiger partial charge is 0.327 e. The van der Waals surface area contributed by atoms with Crippen molar-refractivity contribution in [3.05, 3.63) is 10.6 Å². The summed E-state index contributed by atoms with van der Waals surface area (Å²) in [5, 5.41) is 3.54. The summed E-state index contributed by atoms with van der Waals surface area (Å²) in [4.78, 5) is 17.1. The number of amides is 1. The molecular formula is C10H16ClN3OS2. The highest BCUT2D eigenvalue weighted by Crippen LogP contribution is 2.29. The molecule has 0 saturated heterocycles. The zero-order valence-electron chi connectivity index (χ0n) is 9.56. The summed E-state index contributed by atoms with van der Waals surface area (Å²) in [5.41, 5.74) is 7.01. The van der Waals surface area contributed by atoms with Crippen LogP contribution in [-0.4, -0.2) is 28.9 Å². The van der Waals surface area contributed by atoms with Crippen molar-refractivity contribution in [1.82, 2.24) is 4.98 Å². The lowest BCUT2D eigenvalue weighted by Gasteiger charge is -2.15. The van der Waals surface area contributed by atoms with E-state index in [0.29, 0.717) is 5.75 Å². The predicted octanol–water partition coefficient (Wildman–Crippen LogP) is 1.68. The van der Waals surface area contributed by atoms with Crippen molar-refractivity contribution in [2.75, 3.05) is 17.3 Å². The molecule has 4 nitrogen and oxygen atoms in total. The van der Waals surface area contributed by atoms with Gasteiger partial charge in [0.2, 0.25) is 5.91 Å². The number of carbonyl (C=O) groups is 1. The number of aryl methyl sites for hydroxylation is 1. The third-order valence-corrected chi connectivity index (χ3v) is 4.09.